The van der Waals surface area contributed by atoms with Gasteiger partial charge in [0.05, 0.1) is 15.6 Å². The number of benzene rings is 1. The van der Waals surface area contributed by atoms with Crippen LogP contribution in [0.2, 0.25) is 5.02 Å². The Morgan fingerprint density at radius 3 is 2.81 bits per heavy atom. The molecule has 1 aromatic carbocycles. The number of rotatable bonds is 3. The Hall–Kier alpha value is -2.35. The molecule has 0 radical (unpaired) electrons. The van der Waals surface area contributed by atoms with Gasteiger partial charge in [-0.3, -0.25) is 10.1 Å². The second kappa shape index (κ2) is 5.96. The third kappa shape index (κ3) is 3.22. The smallest absolute Gasteiger partial charge is 0.326 e. The number of likely N-dealkylation sites (tertiary alicyclic amines) is 1. The number of carboxylic acid groups (broad SMARTS) is 1. The Kier molecular flexibility index (Phi) is 4.27. The van der Waals surface area contributed by atoms with E-state index in [1.165, 1.54) is 17.0 Å². The number of carbonyl (C=O) groups is 2. The molecule has 1 atom stereocenters. The van der Waals surface area contributed by atoms with E-state index >= 15 is 0 Å². The number of urea groups is 1. The van der Waals surface area contributed by atoms with Crippen molar-refractivity contribution in [1.29, 1.82) is 0 Å². The van der Waals surface area contributed by atoms with Crippen molar-refractivity contribution in [2.45, 2.75) is 18.9 Å². The lowest BCUT2D eigenvalue weighted by atomic mass is 10.2. The second-order valence-corrected chi connectivity index (χ2v) is 4.95. The highest BCUT2D eigenvalue weighted by Gasteiger charge is 2.34. The number of anilines is 1. The highest BCUT2D eigenvalue weighted by molar-refractivity contribution is 6.33. The summed E-state index contributed by atoms with van der Waals surface area (Å²) < 4.78 is 0. The molecule has 1 aliphatic rings. The molecule has 2 N–H and O–H groups in total. The predicted molar refractivity (Wildman–Crippen MR) is 74.5 cm³/mol. The summed E-state index contributed by atoms with van der Waals surface area (Å²) in [4.78, 5) is 34.4. The van der Waals surface area contributed by atoms with Gasteiger partial charge in [0.1, 0.15) is 6.04 Å². The van der Waals surface area contributed by atoms with Crippen molar-refractivity contribution in [1.82, 2.24) is 4.90 Å². The van der Waals surface area contributed by atoms with Gasteiger partial charge in [0, 0.05) is 18.7 Å². The van der Waals surface area contributed by atoms with E-state index < -0.39 is 23.0 Å². The highest BCUT2D eigenvalue weighted by atomic mass is 35.5. The zero-order chi connectivity index (χ0) is 15.6. The Morgan fingerprint density at radius 1 is 1.48 bits per heavy atom. The van der Waals surface area contributed by atoms with Crippen LogP contribution in [0.25, 0.3) is 0 Å². The first kappa shape index (κ1) is 15.0. The molecule has 1 unspecified atom stereocenters. The number of nitro benzene ring substituents is 1. The Bertz CT molecular complexity index is 607. The van der Waals surface area contributed by atoms with Crippen molar-refractivity contribution in [2.24, 2.45) is 0 Å². The summed E-state index contributed by atoms with van der Waals surface area (Å²) in [5, 5.41) is 22.3. The van der Waals surface area contributed by atoms with E-state index in [4.69, 9.17) is 16.7 Å². The molecule has 1 aromatic rings. The Labute approximate surface area is 124 Å². The number of non-ortho nitro benzene ring substituents is 1. The minimum atomic E-state index is -1.08. The third-order valence-corrected chi connectivity index (χ3v) is 3.53. The first-order valence-electron chi connectivity index (χ1n) is 6.14. The van der Waals surface area contributed by atoms with Gasteiger partial charge in [0.15, 0.2) is 0 Å². The van der Waals surface area contributed by atoms with Gasteiger partial charge < -0.3 is 15.3 Å². The van der Waals surface area contributed by atoms with Crippen molar-refractivity contribution in [3.8, 4) is 0 Å². The third-order valence-electron chi connectivity index (χ3n) is 3.20. The van der Waals surface area contributed by atoms with Crippen LogP contribution in [-0.4, -0.2) is 39.5 Å². The van der Waals surface area contributed by atoms with Gasteiger partial charge in [-0.25, -0.2) is 9.59 Å². The summed E-state index contributed by atoms with van der Waals surface area (Å²) in [6.07, 6.45) is 0.971. The van der Waals surface area contributed by atoms with Crippen LogP contribution in [0.1, 0.15) is 12.8 Å². The Balaban J connectivity index is 2.18. The van der Waals surface area contributed by atoms with Crippen LogP contribution in [0.3, 0.4) is 0 Å². The topological polar surface area (TPSA) is 113 Å². The fourth-order valence-corrected chi connectivity index (χ4v) is 2.34. The number of aliphatic carboxylic acids is 1. The van der Waals surface area contributed by atoms with E-state index in [1.54, 1.807) is 0 Å². The molecule has 0 spiro atoms. The molecule has 1 fully saturated rings. The van der Waals surface area contributed by atoms with E-state index in [-0.39, 0.29) is 16.4 Å². The van der Waals surface area contributed by atoms with E-state index in [0.29, 0.717) is 19.4 Å². The molecule has 1 aliphatic heterocycles. The average Bonchev–Trinajstić information content (AvgIpc) is 2.90. The van der Waals surface area contributed by atoms with E-state index in [9.17, 15) is 19.7 Å². The maximum atomic E-state index is 12.1. The maximum absolute atomic E-state index is 12.1. The summed E-state index contributed by atoms with van der Waals surface area (Å²) in [5.74, 6) is -1.08. The van der Waals surface area contributed by atoms with Crippen LogP contribution in [-0.2, 0) is 4.79 Å². The summed E-state index contributed by atoms with van der Waals surface area (Å²) in [6, 6.07) is 2.12. The maximum Gasteiger partial charge on any atom is 0.326 e. The van der Waals surface area contributed by atoms with Gasteiger partial charge in [0.2, 0.25) is 0 Å². The largest absolute Gasteiger partial charge is 0.480 e. The number of amides is 2. The van der Waals surface area contributed by atoms with Gasteiger partial charge in [-0.2, -0.15) is 0 Å². The lowest BCUT2D eigenvalue weighted by Gasteiger charge is -2.22. The lowest BCUT2D eigenvalue weighted by Crippen LogP contribution is -2.42. The van der Waals surface area contributed by atoms with Crippen molar-refractivity contribution in [3.63, 3.8) is 0 Å². The molecule has 2 rings (SSSR count). The summed E-state index contributed by atoms with van der Waals surface area (Å²) >= 11 is 5.88. The average molecular weight is 314 g/mol. The highest BCUT2D eigenvalue weighted by Crippen LogP contribution is 2.28. The second-order valence-electron chi connectivity index (χ2n) is 4.54. The summed E-state index contributed by atoms with van der Waals surface area (Å²) in [7, 11) is 0. The first-order chi connectivity index (χ1) is 9.90. The molecule has 0 saturated carbocycles. The Morgan fingerprint density at radius 2 is 2.19 bits per heavy atom. The van der Waals surface area contributed by atoms with Crippen molar-refractivity contribution in [2.75, 3.05) is 11.9 Å². The zero-order valence-electron chi connectivity index (χ0n) is 10.8. The molecule has 0 bridgehead atoms. The SMILES string of the molecule is O=C(O)C1CCCN1C(=O)Nc1cc([N+](=O)[O-])ccc1Cl. The number of carbonyl (C=O) groups excluding carboxylic acids is 1. The minimum absolute atomic E-state index is 0.0758. The molecule has 2 amide bonds. The minimum Gasteiger partial charge on any atom is -0.480 e. The molecule has 112 valence electrons. The van der Waals surface area contributed by atoms with E-state index in [0.717, 1.165) is 6.07 Å². The summed E-state index contributed by atoms with van der Waals surface area (Å²) in [6.45, 7) is 0.315. The monoisotopic (exact) mass is 313 g/mol. The van der Waals surface area contributed by atoms with Crippen molar-refractivity contribution >= 4 is 35.0 Å². The van der Waals surface area contributed by atoms with Gasteiger partial charge in [-0.15, -0.1) is 0 Å². The molecule has 21 heavy (non-hydrogen) atoms. The molecule has 9 heteroatoms. The van der Waals surface area contributed by atoms with Crippen LogP contribution < -0.4 is 5.32 Å². The number of halogens is 1. The fourth-order valence-electron chi connectivity index (χ4n) is 2.18. The molecule has 1 heterocycles. The van der Waals surface area contributed by atoms with Gasteiger partial charge in [0.25, 0.3) is 5.69 Å². The van der Waals surface area contributed by atoms with E-state index in [1.807, 2.05) is 0 Å². The number of hydrogen-bond acceptors (Lipinski definition) is 4. The first-order valence-corrected chi connectivity index (χ1v) is 6.52. The summed E-state index contributed by atoms with van der Waals surface area (Å²) in [5.41, 5.74) is -0.141. The zero-order valence-corrected chi connectivity index (χ0v) is 11.5. The van der Waals surface area contributed by atoms with Crippen molar-refractivity contribution in [3.05, 3.63) is 33.3 Å². The normalized spacial score (nSPS) is 17.6. The molecular weight excluding hydrogens is 302 g/mol. The number of nitrogens with zero attached hydrogens (tertiary/aromatic N) is 2. The molecule has 0 aromatic heterocycles. The van der Waals surface area contributed by atoms with Crippen LogP contribution >= 0.6 is 11.6 Å². The van der Waals surface area contributed by atoms with Gasteiger partial charge in [-0.1, -0.05) is 11.6 Å². The van der Waals surface area contributed by atoms with Crippen LogP contribution in [0, 0.1) is 10.1 Å². The lowest BCUT2D eigenvalue weighted by molar-refractivity contribution is -0.384. The predicted octanol–water partition coefficient (Wildman–Crippen LogP) is 2.33. The molecular formula is C12H12ClN3O5. The number of carboxylic acids is 1. The van der Waals surface area contributed by atoms with Gasteiger partial charge in [-0.05, 0) is 18.9 Å². The van der Waals surface area contributed by atoms with E-state index in [2.05, 4.69) is 5.32 Å². The quantitative estimate of drug-likeness (QED) is 0.656. The van der Waals surface area contributed by atoms with Crippen molar-refractivity contribution < 1.29 is 19.6 Å². The fraction of sp³-hybridized carbons (Fsp3) is 0.333. The van der Waals surface area contributed by atoms with Crippen LogP contribution in [0.15, 0.2) is 18.2 Å². The number of nitrogens with one attached hydrogen (secondary N) is 1. The molecule has 1 saturated heterocycles. The van der Waals surface area contributed by atoms with Crippen LogP contribution in [0.5, 0.6) is 0 Å². The molecule has 0 aliphatic carbocycles. The number of nitro groups is 1. The van der Waals surface area contributed by atoms with Crippen LogP contribution in [0.4, 0.5) is 16.2 Å². The standard InChI is InChI=1S/C12H12ClN3O5/c13-8-4-3-7(16(20)21)6-9(8)14-12(19)15-5-1-2-10(15)11(17)18/h3-4,6,10H,1-2,5H2,(H,14,19)(H,17,18). The number of hydrogen-bond donors (Lipinski definition) is 2. The molecule has 8 nitrogen and oxygen atoms in total. The van der Waals surface area contributed by atoms with Gasteiger partial charge >= 0.3 is 12.0 Å².